The van der Waals surface area contributed by atoms with Crippen LogP contribution in [0.15, 0.2) is 18.2 Å². The zero-order valence-electron chi connectivity index (χ0n) is 11.9. The van der Waals surface area contributed by atoms with E-state index in [0.717, 1.165) is 5.56 Å². The van der Waals surface area contributed by atoms with Crippen molar-refractivity contribution < 1.29 is 19.0 Å². The third-order valence-corrected chi connectivity index (χ3v) is 4.45. The Labute approximate surface area is 123 Å². The molecule has 20 heavy (non-hydrogen) atoms. The highest BCUT2D eigenvalue weighted by Crippen LogP contribution is 2.41. The molecule has 0 radical (unpaired) electrons. The topological polar surface area (TPSA) is 48.0 Å². The third-order valence-electron chi connectivity index (χ3n) is 3.20. The van der Waals surface area contributed by atoms with Crippen LogP contribution in [0.3, 0.4) is 0 Å². The maximum Gasteiger partial charge on any atom is 0.233 e. The fourth-order valence-corrected chi connectivity index (χ4v) is 3.38. The van der Waals surface area contributed by atoms with Gasteiger partial charge >= 0.3 is 0 Å². The molecule has 1 aromatic carbocycles. The van der Waals surface area contributed by atoms with E-state index in [1.165, 1.54) is 0 Å². The SMILES string of the molecule is COCCN1C(=O)CS[C@@H]1c1ccc(OC)c(OC)c1. The van der Waals surface area contributed by atoms with E-state index in [1.807, 2.05) is 23.1 Å². The Bertz CT molecular complexity index is 480. The van der Waals surface area contributed by atoms with Gasteiger partial charge < -0.3 is 19.1 Å². The molecule has 0 aliphatic carbocycles. The first-order valence-electron chi connectivity index (χ1n) is 6.33. The van der Waals surface area contributed by atoms with Crippen molar-refractivity contribution in [3.8, 4) is 11.5 Å². The Morgan fingerprint density at radius 1 is 1.25 bits per heavy atom. The Morgan fingerprint density at radius 2 is 2.00 bits per heavy atom. The Morgan fingerprint density at radius 3 is 2.65 bits per heavy atom. The van der Waals surface area contributed by atoms with Crippen molar-refractivity contribution in [3.63, 3.8) is 0 Å². The molecule has 0 saturated carbocycles. The molecule has 0 N–H and O–H groups in total. The largest absolute Gasteiger partial charge is 0.493 e. The molecule has 1 atom stereocenters. The van der Waals surface area contributed by atoms with Crippen LogP contribution in [0.1, 0.15) is 10.9 Å². The number of rotatable bonds is 6. The summed E-state index contributed by atoms with van der Waals surface area (Å²) in [6, 6.07) is 5.76. The second-order valence-electron chi connectivity index (χ2n) is 4.36. The molecule has 1 heterocycles. The van der Waals surface area contributed by atoms with Gasteiger partial charge in [-0.2, -0.15) is 0 Å². The number of carbonyl (C=O) groups excluding carboxylic acids is 1. The van der Waals surface area contributed by atoms with Crippen LogP contribution in [0.4, 0.5) is 0 Å². The maximum absolute atomic E-state index is 11.9. The van der Waals surface area contributed by atoms with Gasteiger partial charge in [0.05, 0.1) is 26.6 Å². The number of ether oxygens (including phenoxy) is 3. The number of benzene rings is 1. The number of nitrogens with zero attached hydrogens (tertiary/aromatic N) is 1. The van der Waals surface area contributed by atoms with Crippen LogP contribution >= 0.6 is 11.8 Å². The molecule has 0 unspecified atom stereocenters. The van der Waals surface area contributed by atoms with Gasteiger partial charge in [-0.15, -0.1) is 11.8 Å². The van der Waals surface area contributed by atoms with Crippen molar-refractivity contribution in [2.24, 2.45) is 0 Å². The lowest BCUT2D eigenvalue weighted by molar-refractivity contribution is -0.128. The minimum Gasteiger partial charge on any atom is -0.493 e. The van der Waals surface area contributed by atoms with Gasteiger partial charge in [0, 0.05) is 13.7 Å². The molecule has 1 aromatic rings. The van der Waals surface area contributed by atoms with E-state index in [9.17, 15) is 4.79 Å². The summed E-state index contributed by atoms with van der Waals surface area (Å²) in [5.74, 6) is 2.01. The van der Waals surface area contributed by atoms with Crippen LogP contribution in [-0.4, -0.2) is 51.0 Å². The van der Waals surface area contributed by atoms with Gasteiger partial charge in [-0.05, 0) is 17.7 Å². The van der Waals surface area contributed by atoms with E-state index < -0.39 is 0 Å². The molecule has 1 amide bonds. The molecule has 1 saturated heterocycles. The third kappa shape index (κ3) is 3.02. The lowest BCUT2D eigenvalue weighted by Gasteiger charge is -2.24. The summed E-state index contributed by atoms with van der Waals surface area (Å²) < 4.78 is 15.6. The predicted octanol–water partition coefficient (Wildman–Crippen LogP) is 1.92. The minimum atomic E-state index is 0.0115. The molecule has 1 aliphatic rings. The van der Waals surface area contributed by atoms with Crippen LogP contribution < -0.4 is 9.47 Å². The van der Waals surface area contributed by atoms with Crippen molar-refractivity contribution in [1.29, 1.82) is 0 Å². The van der Waals surface area contributed by atoms with Crippen LogP contribution in [0.5, 0.6) is 11.5 Å². The van der Waals surface area contributed by atoms with E-state index in [4.69, 9.17) is 14.2 Å². The van der Waals surface area contributed by atoms with E-state index in [-0.39, 0.29) is 11.3 Å². The number of thioether (sulfide) groups is 1. The Kier molecular flexibility index (Phi) is 5.14. The molecule has 0 aromatic heterocycles. The monoisotopic (exact) mass is 297 g/mol. The zero-order valence-corrected chi connectivity index (χ0v) is 12.7. The van der Waals surface area contributed by atoms with Crippen LogP contribution in [0.25, 0.3) is 0 Å². The molecule has 5 nitrogen and oxygen atoms in total. The normalized spacial score (nSPS) is 18.4. The summed E-state index contributed by atoms with van der Waals surface area (Å²) in [7, 11) is 4.85. The van der Waals surface area contributed by atoms with E-state index in [2.05, 4.69) is 0 Å². The fraction of sp³-hybridized carbons (Fsp3) is 0.500. The first kappa shape index (κ1) is 15.0. The average molecular weight is 297 g/mol. The number of carbonyl (C=O) groups is 1. The first-order chi connectivity index (χ1) is 9.71. The zero-order chi connectivity index (χ0) is 14.5. The van der Waals surface area contributed by atoms with Crippen molar-refractivity contribution in [2.75, 3.05) is 40.2 Å². The Hall–Kier alpha value is -1.40. The Balaban J connectivity index is 2.23. The number of hydrogen-bond donors (Lipinski definition) is 0. The summed E-state index contributed by atoms with van der Waals surface area (Å²) in [4.78, 5) is 13.8. The van der Waals surface area contributed by atoms with E-state index in [0.29, 0.717) is 30.4 Å². The summed E-state index contributed by atoms with van der Waals surface area (Å²) in [6.07, 6.45) is 0. The van der Waals surface area contributed by atoms with Crippen molar-refractivity contribution in [3.05, 3.63) is 23.8 Å². The molecular formula is C14H19NO4S. The molecule has 0 spiro atoms. The summed E-state index contributed by atoms with van der Waals surface area (Å²) in [5.41, 5.74) is 1.04. The second-order valence-corrected chi connectivity index (χ2v) is 5.43. The lowest BCUT2D eigenvalue weighted by atomic mass is 10.2. The summed E-state index contributed by atoms with van der Waals surface area (Å²) >= 11 is 1.62. The number of hydrogen-bond acceptors (Lipinski definition) is 5. The smallest absolute Gasteiger partial charge is 0.233 e. The minimum absolute atomic E-state index is 0.0115. The van der Waals surface area contributed by atoms with Crippen molar-refractivity contribution >= 4 is 17.7 Å². The highest BCUT2D eigenvalue weighted by molar-refractivity contribution is 8.00. The molecule has 110 valence electrons. The lowest BCUT2D eigenvalue weighted by Crippen LogP contribution is -2.31. The van der Waals surface area contributed by atoms with E-state index >= 15 is 0 Å². The molecular weight excluding hydrogens is 278 g/mol. The summed E-state index contributed by atoms with van der Waals surface area (Å²) in [5, 5.41) is 0.0115. The number of amides is 1. The van der Waals surface area contributed by atoms with Gasteiger partial charge in [0.25, 0.3) is 0 Å². The molecule has 1 fully saturated rings. The van der Waals surface area contributed by atoms with Gasteiger partial charge in [-0.3, -0.25) is 4.79 Å². The van der Waals surface area contributed by atoms with Crippen LogP contribution in [0, 0.1) is 0 Å². The molecule has 2 rings (SSSR count). The van der Waals surface area contributed by atoms with Crippen molar-refractivity contribution in [1.82, 2.24) is 4.90 Å². The second kappa shape index (κ2) is 6.85. The van der Waals surface area contributed by atoms with Crippen LogP contribution in [-0.2, 0) is 9.53 Å². The quantitative estimate of drug-likeness (QED) is 0.803. The standard InChI is InChI=1S/C14H19NO4S/c1-17-7-6-15-13(16)9-20-14(15)10-4-5-11(18-2)12(8-10)19-3/h4-5,8,14H,6-7,9H2,1-3H3/t14-/m1/s1. The fourth-order valence-electron chi connectivity index (χ4n) is 2.17. The van der Waals surface area contributed by atoms with Crippen LogP contribution in [0.2, 0.25) is 0 Å². The predicted molar refractivity (Wildman–Crippen MR) is 78.3 cm³/mol. The van der Waals surface area contributed by atoms with Gasteiger partial charge in [0.1, 0.15) is 5.37 Å². The molecule has 6 heteroatoms. The van der Waals surface area contributed by atoms with Gasteiger partial charge in [-0.25, -0.2) is 0 Å². The average Bonchev–Trinajstić information content (AvgIpc) is 2.85. The summed E-state index contributed by atoms with van der Waals surface area (Å²) in [6.45, 7) is 1.14. The van der Waals surface area contributed by atoms with Gasteiger partial charge in [0.2, 0.25) is 5.91 Å². The highest BCUT2D eigenvalue weighted by Gasteiger charge is 2.32. The highest BCUT2D eigenvalue weighted by atomic mass is 32.2. The molecule has 0 bridgehead atoms. The number of methoxy groups -OCH3 is 3. The van der Waals surface area contributed by atoms with Gasteiger partial charge in [-0.1, -0.05) is 6.07 Å². The van der Waals surface area contributed by atoms with E-state index in [1.54, 1.807) is 33.1 Å². The molecule has 1 aliphatic heterocycles. The van der Waals surface area contributed by atoms with Crippen molar-refractivity contribution in [2.45, 2.75) is 5.37 Å². The first-order valence-corrected chi connectivity index (χ1v) is 7.38. The maximum atomic E-state index is 11.9. The van der Waals surface area contributed by atoms with Gasteiger partial charge in [0.15, 0.2) is 11.5 Å².